The molecule has 4 heteroatoms. The van der Waals surface area contributed by atoms with E-state index >= 15 is 0 Å². The van der Waals surface area contributed by atoms with Gasteiger partial charge in [0.05, 0.1) is 6.61 Å². The summed E-state index contributed by atoms with van der Waals surface area (Å²) in [6.45, 7) is 2.33. The van der Waals surface area contributed by atoms with E-state index in [0.29, 0.717) is 12.3 Å². The van der Waals surface area contributed by atoms with Crippen LogP contribution in [0.15, 0.2) is 46.9 Å². The lowest BCUT2D eigenvalue weighted by molar-refractivity contribution is -0.116. The Balaban J connectivity index is 1.83. The predicted molar refractivity (Wildman–Crippen MR) is 76.7 cm³/mol. The molecule has 0 aliphatic heterocycles. The van der Waals surface area contributed by atoms with E-state index in [9.17, 15) is 4.79 Å². The summed E-state index contributed by atoms with van der Waals surface area (Å²) in [5, 5.41) is 11.7. The zero-order valence-electron chi connectivity index (χ0n) is 11.3. The third-order valence-electron chi connectivity index (χ3n) is 2.83. The van der Waals surface area contributed by atoms with Crippen molar-refractivity contribution < 1.29 is 14.3 Å². The first-order valence-corrected chi connectivity index (χ1v) is 6.38. The Labute approximate surface area is 117 Å². The molecule has 1 amide bonds. The lowest BCUT2D eigenvalue weighted by Crippen LogP contribution is -2.20. The Morgan fingerprint density at radius 2 is 1.90 bits per heavy atom. The number of aryl methyl sites for hydroxylation is 1. The van der Waals surface area contributed by atoms with Gasteiger partial charge in [-0.25, -0.2) is 0 Å². The van der Waals surface area contributed by atoms with Crippen molar-refractivity contribution in [2.45, 2.75) is 20.1 Å². The molecule has 0 atom stereocenters. The Morgan fingerprint density at radius 1 is 1.20 bits per heavy atom. The fourth-order valence-electron chi connectivity index (χ4n) is 1.71. The van der Waals surface area contributed by atoms with Crippen LogP contribution in [-0.4, -0.2) is 11.0 Å². The summed E-state index contributed by atoms with van der Waals surface area (Å²) in [6, 6.07) is 11.1. The molecule has 0 aliphatic carbocycles. The van der Waals surface area contributed by atoms with Crippen molar-refractivity contribution in [1.82, 2.24) is 5.32 Å². The van der Waals surface area contributed by atoms with Gasteiger partial charge in [-0.05, 0) is 36.3 Å². The largest absolute Gasteiger partial charge is 0.462 e. The SMILES string of the molecule is Cc1ccc(/C=C/C(=O)NCc2ccc(CO)cc2)o1. The van der Waals surface area contributed by atoms with Crippen LogP contribution in [0.2, 0.25) is 0 Å². The molecular formula is C16H17NO3. The van der Waals surface area contributed by atoms with Gasteiger partial charge in [0, 0.05) is 12.6 Å². The van der Waals surface area contributed by atoms with Crippen molar-refractivity contribution in [3.63, 3.8) is 0 Å². The normalized spacial score (nSPS) is 10.9. The van der Waals surface area contributed by atoms with E-state index < -0.39 is 0 Å². The van der Waals surface area contributed by atoms with Gasteiger partial charge in [-0.3, -0.25) is 4.79 Å². The number of benzene rings is 1. The summed E-state index contributed by atoms with van der Waals surface area (Å²) in [5.74, 6) is 1.30. The fraction of sp³-hybridized carbons (Fsp3) is 0.188. The van der Waals surface area contributed by atoms with Crippen molar-refractivity contribution in [2.75, 3.05) is 0 Å². The lowest BCUT2D eigenvalue weighted by atomic mass is 10.1. The van der Waals surface area contributed by atoms with Gasteiger partial charge >= 0.3 is 0 Å². The van der Waals surface area contributed by atoms with Crippen LogP contribution in [0, 0.1) is 6.92 Å². The molecule has 4 nitrogen and oxygen atoms in total. The topological polar surface area (TPSA) is 62.5 Å². The van der Waals surface area contributed by atoms with E-state index in [0.717, 1.165) is 16.9 Å². The highest BCUT2D eigenvalue weighted by molar-refractivity contribution is 5.91. The van der Waals surface area contributed by atoms with Gasteiger partial charge in [-0.2, -0.15) is 0 Å². The van der Waals surface area contributed by atoms with Gasteiger partial charge in [0.25, 0.3) is 0 Å². The van der Waals surface area contributed by atoms with Crippen LogP contribution in [-0.2, 0) is 17.9 Å². The van der Waals surface area contributed by atoms with E-state index in [2.05, 4.69) is 5.32 Å². The van der Waals surface area contributed by atoms with Crippen molar-refractivity contribution in [3.05, 3.63) is 65.1 Å². The van der Waals surface area contributed by atoms with Crippen LogP contribution in [0.1, 0.15) is 22.6 Å². The number of rotatable bonds is 5. The maximum Gasteiger partial charge on any atom is 0.244 e. The standard InChI is InChI=1S/C16H17NO3/c1-12-2-7-15(20-12)8-9-16(19)17-10-13-3-5-14(11-18)6-4-13/h2-9,18H,10-11H2,1H3,(H,17,19)/b9-8+. The zero-order chi connectivity index (χ0) is 14.4. The zero-order valence-corrected chi connectivity index (χ0v) is 11.3. The number of nitrogens with one attached hydrogen (secondary N) is 1. The maximum atomic E-state index is 11.6. The highest BCUT2D eigenvalue weighted by atomic mass is 16.3. The number of hydrogen-bond donors (Lipinski definition) is 2. The number of hydrogen-bond acceptors (Lipinski definition) is 3. The molecule has 2 N–H and O–H groups in total. The Kier molecular flexibility index (Phi) is 4.74. The second kappa shape index (κ2) is 6.73. The predicted octanol–water partition coefficient (Wildman–Crippen LogP) is 2.41. The number of amides is 1. The molecule has 1 heterocycles. The summed E-state index contributed by atoms with van der Waals surface area (Å²) in [6.07, 6.45) is 3.08. The highest BCUT2D eigenvalue weighted by Crippen LogP contribution is 2.08. The van der Waals surface area contributed by atoms with Crippen molar-refractivity contribution in [2.24, 2.45) is 0 Å². The molecule has 0 unspecified atom stereocenters. The van der Waals surface area contributed by atoms with Gasteiger partial charge in [0.1, 0.15) is 11.5 Å². The molecule has 2 aromatic rings. The summed E-state index contributed by atoms with van der Waals surface area (Å²) in [4.78, 5) is 11.6. The molecule has 2 rings (SSSR count). The molecule has 20 heavy (non-hydrogen) atoms. The first kappa shape index (κ1) is 14.1. The first-order valence-electron chi connectivity index (χ1n) is 6.38. The third kappa shape index (κ3) is 4.10. The third-order valence-corrected chi connectivity index (χ3v) is 2.83. The van der Waals surface area contributed by atoms with Crippen molar-refractivity contribution in [3.8, 4) is 0 Å². The van der Waals surface area contributed by atoms with Crippen molar-refractivity contribution >= 4 is 12.0 Å². The quantitative estimate of drug-likeness (QED) is 0.821. The first-order chi connectivity index (χ1) is 9.67. The van der Waals surface area contributed by atoms with E-state index in [1.807, 2.05) is 43.3 Å². The second-order valence-electron chi connectivity index (χ2n) is 4.47. The molecule has 0 bridgehead atoms. The van der Waals surface area contributed by atoms with Gasteiger partial charge < -0.3 is 14.8 Å². The molecule has 0 fully saturated rings. The van der Waals surface area contributed by atoms with Crippen LogP contribution in [0.25, 0.3) is 6.08 Å². The second-order valence-corrected chi connectivity index (χ2v) is 4.47. The number of aliphatic hydroxyl groups excluding tert-OH is 1. The van der Waals surface area contributed by atoms with E-state index in [-0.39, 0.29) is 12.5 Å². The van der Waals surface area contributed by atoms with E-state index in [1.54, 1.807) is 6.08 Å². The minimum Gasteiger partial charge on any atom is -0.462 e. The summed E-state index contributed by atoms with van der Waals surface area (Å²) >= 11 is 0. The molecule has 0 spiro atoms. The highest BCUT2D eigenvalue weighted by Gasteiger charge is 1.99. The number of aliphatic hydroxyl groups is 1. The number of carbonyl (C=O) groups is 1. The minimum absolute atomic E-state index is 0.0257. The Bertz CT molecular complexity index is 596. The summed E-state index contributed by atoms with van der Waals surface area (Å²) < 4.78 is 5.33. The average molecular weight is 271 g/mol. The monoisotopic (exact) mass is 271 g/mol. The molecule has 1 aromatic carbocycles. The molecule has 0 saturated carbocycles. The van der Waals surface area contributed by atoms with E-state index in [4.69, 9.17) is 9.52 Å². The number of furan rings is 1. The van der Waals surface area contributed by atoms with Crippen LogP contribution < -0.4 is 5.32 Å². The summed E-state index contributed by atoms with van der Waals surface area (Å²) in [7, 11) is 0. The van der Waals surface area contributed by atoms with Gasteiger partial charge in [-0.15, -0.1) is 0 Å². The minimum atomic E-state index is -0.176. The average Bonchev–Trinajstić information content (AvgIpc) is 2.89. The molecule has 1 aromatic heterocycles. The number of carbonyl (C=O) groups excluding carboxylic acids is 1. The Hall–Kier alpha value is -2.33. The molecule has 0 aliphatic rings. The molecule has 0 saturated heterocycles. The molecular weight excluding hydrogens is 254 g/mol. The maximum absolute atomic E-state index is 11.6. The van der Waals surface area contributed by atoms with Crippen LogP contribution in [0.5, 0.6) is 0 Å². The molecule has 0 radical (unpaired) electrons. The summed E-state index contributed by atoms with van der Waals surface area (Å²) in [5.41, 5.74) is 1.84. The lowest BCUT2D eigenvalue weighted by Gasteiger charge is -2.03. The van der Waals surface area contributed by atoms with Gasteiger partial charge in [-0.1, -0.05) is 24.3 Å². The molecule has 104 valence electrons. The van der Waals surface area contributed by atoms with E-state index in [1.165, 1.54) is 6.08 Å². The smallest absolute Gasteiger partial charge is 0.244 e. The van der Waals surface area contributed by atoms with Crippen molar-refractivity contribution in [1.29, 1.82) is 0 Å². The van der Waals surface area contributed by atoms with Gasteiger partial charge in [0.2, 0.25) is 5.91 Å². The Morgan fingerprint density at radius 3 is 2.50 bits per heavy atom. The van der Waals surface area contributed by atoms with Crippen LogP contribution in [0.4, 0.5) is 0 Å². The van der Waals surface area contributed by atoms with Crippen LogP contribution in [0.3, 0.4) is 0 Å². The fourth-order valence-corrected chi connectivity index (χ4v) is 1.71. The van der Waals surface area contributed by atoms with Crippen LogP contribution >= 0.6 is 0 Å². The van der Waals surface area contributed by atoms with Gasteiger partial charge in [0.15, 0.2) is 0 Å².